The third kappa shape index (κ3) is 3.21. The Kier molecular flexibility index (Phi) is 3.96. The van der Waals surface area contributed by atoms with Crippen LogP contribution in [0.2, 0.25) is 0 Å². The fraction of sp³-hybridized carbons (Fsp3) is 0.143. The maximum Gasteiger partial charge on any atom is 0.242 e. The molecule has 5 heteroatoms. The van der Waals surface area contributed by atoms with Crippen LogP contribution in [-0.4, -0.2) is 21.7 Å². The first-order valence-corrected chi connectivity index (χ1v) is 5.80. The number of benzene rings is 1. The molecule has 0 saturated heterocycles. The van der Waals surface area contributed by atoms with Crippen molar-refractivity contribution in [1.29, 1.82) is 0 Å². The number of aromatic nitrogens is 2. The van der Waals surface area contributed by atoms with E-state index in [1.807, 2.05) is 30.5 Å². The summed E-state index contributed by atoms with van der Waals surface area (Å²) in [5.41, 5.74) is 7.15. The lowest BCUT2D eigenvalue weighted by atomic mass is 10.2. The molecule has 0 bridgehead atoms. The van der Waals surface area contributed by atoms with Gasteiger partial charge in [-0.1, -0.05) is 6.07 Å². The van der Waals surface area contributed by atoms with Gasteiger partial charge in [0.05, 0.1) is 11.7 Å². The van der Waals surface area contributed by atoms with Crippen LogP contribution in [0.5, 0.6) is 0 Å². The zero-order valence-electron chi connectivity index (χ0n) is 10.3. The van der Waals surface area contributed by atoms with Crippen LogP contribution in [0, 0.1) is 12.3 Å². The molecule has 5 nitrogen and oxygen atoms in total. The Morgan fingerprint density at radius 1 is 1.53 bits per heavy atom. The van der Waals surface area contributed by atoms with Crippen molar-refractivity contribution in [2.45, 2.75) is 12.5 Å². The van der Waals surface area contributed by atoms with E-state index >= 15 is 0 Å². The van der Waals surface area contributed by atoms with Crippen molar-refractivity contribution in [2.24, 2.45) is 5.73 Å². The number of hydrogen-bond acceptors (Lipinski definition) is 3. The van der Waals surface area contributed by atoms with E-state index in [-0.39, 0.29) is 12.3 Å². The van der Waals surface area contributed by atoms with Gasteiger partial charge in [-0.25, -0.2) is 4.68 Å². The maximum atomic E-state index is 11.7. The van der Waals surface area contributed by atoms with Crippen molar-refractivity contribution < 1.29 is 4.79 Å². The number of nitrogens with zero attached hydrogens (tertiary/aromatic N) is 2. The first-order valence-electron chi connectivity index (χ1n) is 5.80. The Labute approximate surface area is 111 Å². The third-order valence-corrected chi connectivity index (χ3v) is 2.56. The predicted molar refractivity (Wildman–Crippen MR) is 73.6 cm³/mol. The number of hydrogen-bond donors (Lipinski definition) is 2. The number of carbonyl (C=O) groups excluding carboxylic acids is 1. The minimum absolute atomic E-state index is 0.213. The van der Waals surface area contributed by atoms with E-state index in [0.29, 0.717) is 5.69 Å². The topological polar surface area (TPSA) is 72.9 Å². The Morgan fingerprint density at radius 2 is 2.37 bits per heavy atom. The van der Waals surface area contributed by atoms with Gasteiger partial charge < -0.3 is 11.1 Å². The minimum atomic E-state index is -0.696. The van der Waals surface area contributed by atoms with E-state index in [4.69, 9.17) is 12.2 Å². The molecular weight excluding hydrogens is 240 g/mol. The van der Waals surface area contributed by atoms with E-state index in [1.54, 1.807) is 16.9 Å². The first kappa shape index (κ1) is 12.9. The van der Waals surface area contributed by atoms with Crippen LogP contribution in [-0.2, 0) is 4.79 Å². The lowest BCUT2D eigenvalue weighted by Crippen LogP contribution is -2.35. The molecule has 1 aromatic heterocycles. The summed E-state index contributed by atoms with van der Waals surface area (Å²) in [7, 11) is 0. The molecule has 1 atom stereocenters. The summed E-state index contributed by atoms with van der Waals surface area (Å²) in [5.74, 6) is 2.07. The van der Waals surface area contributed by atoms with Gasteiger partial charge in [-0.3, -0.25) is 4.79 Å². The summed E-state index contributed by atoms with van der Waals surface area (Å²) in [4.78, 5) is 11.7. The smallest absolute Gasteiger partial charge is 0.242 e. The number of rotatable bonds is 4. The largest absolute Gasteiger partial charge is 0.325 e. The van der Waals surface area contributed by atoms with E-state index in [0.717, 1.165) is 5.69 Å². The fourth-order valence-corrected chi connectivity index (χ4v) is 1.60. The molecule has 96 valence electrons. The molecule has 0 fully saturated rings. The van der Waals surface area contributed by atoms with Gasteiger partial charge in [0.15, 0.2) is 0 Å². The summed E-state index contributed by atoms with van der Waals surface area (Å²) < 4.78 is 1.71. The number of nitrogens with one attached hydrogen (secondary N) is 1. The molecule has 2 rings (SSSR count). The molecule has 1 heterocycles. The number of nitrogens with two attached hydrogens (primary N) is 1. The molecule has 0 aliphatic carbocycles. The number of anilines is 1. The highest BCUT2D eigenvalue weighted by Crippen LogP contribution is 2.14. The van der Waals surface area contributed by atoms with Gasteiger partial charge in [0, 0.05) is 24.5 Å². The Hall–Kier alpha value is -2.58. The van der Waals surface area contributed by atoms with Crippen molar-refractivity contribution in [3.8, 4) is 18.0 Å². The minimum Gasteiger partial charge on any atom is -0.325 e. The van der Waals surface area contributed by atoms with Crippen LogP contribution < -0.4 is 11.1 Å². The van der Waals surface area contributed by atoms with Gasteiger partial charge in [0.25, 0.3) is 0 Å². The van der Waals surface area contributed by atoms with Crippen molar-refractivity contribution in [2.75, 3.05) is 5.32 Å². The summed E-state index contributed by atoms with van der Waals surface area (Å²) in [6.07, 6.45) is 8.85. The zero-order chi connectivity index (χ0) is 13.7. The third-order valence-electron chi connectivity index (χ3n) is 2.56. The van der Waals surface area contributed by atoms with E-state index < -0.39 is 6.04 Å². The molecule has 1 unspecified atom stereocenters. The molecule has 1 aromatic carbocycles. The van der Waals surface area contributed by atoms with Crippen molar-refractivity contribution in [3.05, 3.63) is 42.7 Å². The highest BCUT2D eigenvalue weighted by atomic mass is 16.2. The molecule has 3 N–H and O–H groups in total. The number of terminal acetylenes is 1. The van der Waals surface area contributed by atoms with Crippen LogP contribution >= 0.6 is 0 Å². The van der Waals surface area contributed by atoms with Gasteiger partial charge >= 0.3 is 0 Å². The molecule has 0 spiro atoms. The van der Waals surface area contributed by atoms with Crippen molar-refractivity contribution in [1.82, 2.24) is 9.78 Å². The van der Waals surface area contributed by atoms with Gasteiger partial charge in [-0.2, -0.15) is 5.10 Å². The Balaban J connectivity index is 2.12. The van der Waals surface area contributed by atoms with Gasteiger partial charge in [-0.05, 0) is 24.3 Å². The lowest BCUT2D eigenvalue weighted by molar-refractivity contribution is -0.117. The van der Waals surface area contributed by atoms with Crippen LogP contribution in [0.1, 0.15) is 6.42 Å². The van der Waals surface area contributed by atoms with Gasteiger partial charge in [0.1, 0.15) is 0 Å². The molecule has 2 aromatic rings. The van der Waals surface area contributed by atoms with E-state index in [1.165, 1.54) is 0 Å². The quantitative estimate of drug-likeness (QED) is 0.804. The normalized spacial score (nSPS) is 11.6. The monoisotopic (exact) mass is 254 g/mol. The van der Waals surface area contributed by atoms with Crippen LogP contribution in [0.3, 0.4) is 0 Å². The average molecular weight is 254 g/mol. The summed E-state index contributed by atoms with van der Waals surface area (Å²) in [6.45, 7) is 0. The SMILES string of the molecule is C#CCC(N)C(=O)Nc1cccc(-n2cccn2)c1. The second kappa shape index (κ2) is 5.85. The molecule has 0 radical (unpaired) electrons. The molecule has 0 saturated carbocycles. The fourth-order valence-electron chi connectivity index (χ4n) is 1.60. The van der Waals surface area contributed by atoms with E-state index in [2.05, 4.69) is 16.3 Å². The van der Waals surface area contributed by atoms with Crippen LogP contribution in [0.4, 0.5) is 5.69 Å². The standard InChI is InChI=1S/C14H14N4O/c1-2-5-13(15)14(19)17-11-6-3-7-12(10-11)18-9-4-8-16-18/h1,3-4,6-10,13H,5,15H2,(H,17,19). The number of carbonyl (C=O) groups is 1. The molecule has 0 aliphatic rings. The zero-order valence-corrected chi connectivity index (χ0v) is 10.3. The second-order valence-corrected chi connectivity index (χ2v) is 4.00. The summed E-state index contributed by atoms with van der Waals surface area (Å²) >= 11 is 0. The summed E-state index contributed by atoms with van der Waals surface area (Å²) in [5, 5.41) is 6.85. The predicted octanol–water partition coefficient (Wildman–Crippen LogP) is 1.16. The van der Waals surface area contributed by atoms with Crippen LogP contribution in [0.15, 0.2) is 42.7 Å². The van der Waals surface area contributed by atoms with Crippen molar-refractivity contribution >= 4 is 11.6 Å². The highest BCUT2D eigenvalue weighted by molar-refractivity contribution is 5.95. The lowest BCUT2D eigenvalue weighted by Gasteiger charge is -2.10. The maximum absolute atomic E-state index is 11.7. The number of amides is 1. The summed E-state index contributed by atoms with van der Waals surface area (Å²) in [6, 6.07) is 8.46. The van der Waals surface area contributed by atoms with E-state index in [9.17, 15) is 4.79 Å². The molecule has 1 amide bonds. The van der Waals surface area contributed by atoms with Gasteiger partial charge in [0.2, 0.25) is 5.91 Å². The Bertz CT molecular complexity index is 598. The highest BCUT2D eigenvalue weighted by Gasteiger charge is 2.12. The molecular formula is C14H14N4O. The first-order chi connectivity index (χ1) is 9.20. The van der Waals surface area contributed by atoms with Gasteiger partial charge in [-0.15, -0.1) is 12.3 Å². The second-order valence-electron chi connectivity index (χ2n) is 4.00. The Morgan fingerprint density at radius 3 is 3.05 bits per heavy atom. The van der Waals surface area contributed by atoms with Crippen molar-refractivity contribution in [3.63, 3.8) is 0 Å². The average Bonchev–Trinajstić information content (AvgIpc) is 2.93. The molecule has 0 aliphatic heterocycles. The van der Waals surface area contributed by atoms with Crippen LogP contribution in [0.25, 0.3) is 5.69 Å². The molecule has 19 heavy (non-hydrogen) atoms.